The maximum absolute atomic E-state index is 13.3. The molecule has 0 spiro atoms. The fraction of sp³-hybridized carbons (Fsp3) is 0.340. The summed E-state index contributed by atoms with van der Waals surface area (Å²) in [5, 5.41) is 17.3. The number of ether oxygens (including phenoxy) is 4. The van der Waals surface area contributed by atoms with Crippen LogP contribution in [-0.2, 0) is 57.8 Å². The number of hydrogen-bond acceptors (Lipinski definition) is 12. The van der Waals surface area contributed by atoms with Crippen LogP contribution < -0.4 is 20.0 Å². The van der Waals surface area contributed by atoms with E-state index in [1.807, 2.05) is 98.3 Å². The average molecular weight is 963 g/mol. The van der Waals surface area contributed by atoms with Crippen molar-refractivity contribution >= 4 is 50.0 Å². The zero-order valence-corrected chi connectivity index (χ0v) is 40.3. The van der Waals surface area contributed by atoms with E-state index in [0.29, 0.717) is 80.7 Å². The second-order valence-electron chi connectivity index (χ2n) is 17.0. The molecule has 2 aliphatic rings. The quantitative estimate of drug-likeness (QED) is 0.0255. The van der Waals surface area contributed by atoms with Gasteiger partial charge in [-0.05, 0) is 65.1 Å². The number of hydrogen-bond donors (Lipinski definition) is 2. The summed E-state index contributed by atoms with van der Waals surface area (Å²) >= 11 is 0. The molecule has 4 aromatic rings. The zero-order chi connectivity index (χ0) is 49.5. The second kappa shape index (κ2) is 24.8. The Morgan fingerprint density at radius 1 is 0.652 bits per heavy atom. The molecule has 0 fully saturated rings. The van der Waals surface area contributed by atoms with Gasteiger partial charge in [-0.2, -0.15) is 0 Å². The standard InChI is InChI=1S/C53H59N3O12S/c1-55(2)40-13-18-46-50(34-40)68-51-35-41(56(3)4)14-19-47(51)52(46)45-17-12-39(33-48(45)53(60)61)49(59)9-6-21-64-23-25-66-27-28-67-26-24-65-22-20-42(57)31-37-7-5-8-38(29-37)32-43(58)30-36-10-15-44(16-11-36)69(54,62)63/h5,7-8,10-19,29,33-35H,6,9,20-28,30-32H2,1-4H3,(H2-,54,60,61,62,63)/p+1. The number of aromatic carboxylic acids is 1. The summed E-state index contributed by atoms with van der Waals surface area (Å²) in [4.78, 5) is 53.2. The number of carbonyl (C=O) groups is 4. The number of benzene rings is 5. The molecular formula is C53H60N3O12S+. The van der Waals surface area contributed by atoms with Crippen LogP contribution in [0.5, 0.6) is 0 Å². The van der Waals surface area contributed by atoms with E-state index in [4.69, 9.17) is 28.5 Å². The molecule has 0 aromatic heterocycles. The molecule has 0 saturated heterocycles. The first-order valence-corrected chi connectivity index (χ1v) is 24.2. The lowest BCUT2D eigenvalue weighted by Gasteiger charge is -2.19. The molecule has 4 aromatic carbocycles. The molecule has 0 amide bonds. The van der Waals surface area contributed by atoms with Crippen molar-refractivity contribution in [1.29, 1.82) is 0 Å². The summed E-state index contributed by atoms with van der Waals surface area (Å²) in [5.74, 6) is -0.732. The zero-order valence-electron chi connectivity index (χ0n) is 39.5. The van der Waals surface area contributed by atoms with Crippen molar-refractivity contribution in [1.82, 2.24) is 4.58 Å². The second-order valence-corrected chi connectivity index (χ2v) is 18.6. The number of primary sulfonamides is 1. The van der Waals surface area contributed by atoms with Gasteiger partial charge in [0.1, 0.15) is 37.0 Å². The highest BCUT2D eigenvalue weighted by Crippen LogP contribution is 2.42. The fourth-order valence-corrected chi connectivity index (χ4v) is 8.25. The van der Waals surface area contributed by atoms with Crippen molar-refractivity contribution in [2.75, 3.05) is 85.9 Å². The van der Waals surface area contributed by atoms with Crippen LogP contribution >= 0.6 is 0 Å². The first-order chi connectivity index (χ1) is 33.1. The number of carboxylic acids is 1. The third kappa shape index (κ3) is 15.0. The minimum Gasteiger partial charge on any atom is -0.478 e. The molecule has 15 nitrogen and oxygen atoms in total. The van der Waals surface area contributed by atoms with Crippen LogP contribution in [0.3, 0.4) is 0 Å². The molecule has 0 atom stereocenters. The number of fused-ring (bicyclic) bond motifs is 2. The molecule has 0 saturated carbocycles. The van der Waals surface area contributed by atoms with Crippen LogP contribution in [0.15, 0.2) is 112 Å². The number of rotatable bonds is 27. The molecule has 69 heavy (non-hydrogen) atoms. The molecule has 6 rings (SSSR count). The third-order valence-electron chi connectivity index (χ3n) is 11.3. The van der Waals surface area contributed by atoms with Gasteiger partial charge in [0.2, 0.25) is 15.4 Å². The normalized spacial score (nSPS) is 11.6. The van der Waals surface area contributed by atoms with Crippen molar-refractivity contribution in [3.8, 4) is 22.5 Å². The Labute approximate surface area is 402 Å². The Morgan fingerprint density at radius 2 is 1.26 bits per heavy atom. The summed E-state index contributed by atoms with van der Waals surface area (Å²) in [7, 11) is 3.97. The Hall–Kier alpha value is -6.40. The van der Waals surface area contributed by atoms with E-state index in [2.05, 4.69) is 0 Å². The molecule has 1 aliphatic heterocycles. The van der Waals surface area contributed by atoms with E-state index in [1.54, 1.807) is 24.3 Å². The number of nitrogens with zero attached hydrogens (tertiary/aromatic N) is 2. The summed E-state index contributed by atoms with van der Waals surface area (Å²) in [6.45, 7) is 2.68. The van der Waals surface area contributed by atoms with Gasteiger partial charge in [0.15, 0.2) is 5.78 Å². The van der Waals surface area contributed by atoms with Crippen molar-refractivity contribution in [2.24, 2.45) is 5.14 Å². The average Bonchev–Trinajstić information content (AvgIpc) is 3.31. The monoisotopic (exact) mass is 962 g/mol. The number of sulfonamides is 1. The van der Waals surface area contributed by atoms with Crippen LogP contribution in [0, 0.1) is 0 Å². The highest BCUT2D eigenvalue weighted by molar-refractivity contribution is 7.89. The van der Waals surface area contributed by atoms with E-state index in [-0.39, 0.29) is 66.5 Å². The van der Waals surface area contributed by atoms with E-state index in [1.165, 1.54) is 18.2 Å². The Morgan fingerprint density at radius 3 is 1.88 bits per heavy atom. The van der Waals surface area contributed by atoms with Gasteiger partial charge < -0.3 is 33.4 Å². The molecule has 1 aliphatic carbocycles. The van der Waals surface area contributed by atoms with Crippen molar-refractivity contribution < 1.29 is 56.1 Å². The molecule has 0 unspecified atom stereocenters. The number of anilines is 1. The smallest absolute Gasteiger partial charge is 0.336 e. The topological polar surface area (TPSA) is 205 Å². The Balaban J connectivity index is 0.839. The van der Waals surface area contributed by atoms with Gasteiger partial charge in [-0.1, -0.05) is 48.5 Å². The predicted molar refractivity (Wildman–Crippen MR) is 264 cm³/mol. The summed E-state index contributed by atoms with van der Waals surface area (Å²) < 4.78 is 53.7. The summed E-state index contributed by atoms with van der Waals surface area (Å²) in [5.41, 5.74) is 6.15. The van der Waals surface area contributed by atoms with E-state index < -0.39 is 16.0 Å². The minimum atomic E-state index is -3.80. The van der Waals surface area contributed by atoms with Gasteiger partial charge in [0.25, 0.3) is 0 Å². The Bertz CT molecular complexity index is 2920. The molecule has 3 N–H and O–H groups in total. The summed E-state index contributed by atoms with van der Waals surface area (Å²) in [6, 6.07) is 29.8. The van der Waals surface area contributed by atoms with Gasteiger partial charge in [-0.3, -0.25) is 14.4 Å². The Kier molecular flexibility index (Phi) is 18.6. The van der Waals surface area contributed by atoms with Crippen LogP contribution in [-0.4, -0.2) is 118 Å². The number of carbonyl (C=O) groups excluding carboxylic acids is 3. The maximum Gasteiger partial charge on any atom is 0.336 e. The predicted octanol–water partition coefficient (Wildman–Crippen LogP) is 6.23. The number of Topliss-reactive ketones (excluding diaryl/α,β-unsaturated/α-hetero) is 3. The first-order valence-electron chi connectivity index (χ1n) is 22.7. The molecule has 0 bridgehead atoms. The van der Waals surface area contributed by atoms with Crippen molar-refractivity contribution in [2.45, 2.75) is 43.4 Å². The SMILES string of the molecule is CN(C)c1ccc2c(-c3ccc(C(=O)CCCOCCOCCOCCOCCC(=O)Cc4cccc(CC(=O)Cc5ccc(S(N)(=O)=O)cc5)c4)cc3C(=O)O)c3ccc(=[N+](C)C)cc-3oc2c1. The van der Waals surface area contributed by atoms with Gasteiger partial charge in [0, 0.05) is 92.7 Å². The number of ketones is 3. The van der Waals surface area contributed by atoms with Crippen molar-refractivity contribution in [3.63, 3.8) is 0 Å². The van der Waals surface area contributed by atoms with Crippen LogP contribution in [0.25, 0.3) is 33.4 Å². The van der Waals surface area contributed by atoms with Crippen LogP contribution in [0.2, 0.25) is 0 Å². The van der Waals surface area contributed by atoms with Crippen LogP contribution in [0.4, 0.5) is 5.69 Å². The van der Waals surface area contributed by atoms with Gasteiger partial charge >= 0.3 is 5.97 Å². The van der Waals surface area contributed by atoms with Gasteiger partial charge in [0.05, 0.1) is 62.8 Å². The van der Waals surface area contributed by atoms with E-state index in [0.717, 1.165) is 38.7 Å². The highest BCUT2D eigenvalue weighted by atomic mass is 32.2. The third-order valence-corrected chi connectivity index (χ3v) is 12.3. The largest absolute Gasteiger partial charge is 0.478 e. The minimum absolute atomic E-state index is 0.0107. The van der Waals surface area contributed by atoms with Gasteiger partial charge in [-0.15, -0.1) is 0 Å². The molecule has 16 heteroatoms. The summed E-state index contributed by atoms with van der Waals surface area (Å²) in [6.07, 6.45) is 1.44. The molecule has 0 radical (unpaired) electrons. The fourth-order valence-electron chi connectivity index (χ4n) is 7.73. The number of carboxylic acid groups (broad SMARTS) is 1. The molecule has 1 heterocycles. The maximum atomic E-state index is 13.3. The number of nitrogens with two attached hydrogens (primary N) is 1. The van der Waals surface area contributed by atoms with Crippen molar-refractivity contribution in [3.05, 3.63) is 136 Å². The highest BCUT2D eigenvalue weighted by Gasteiger charge is 2.24. The van der Waals surface area contributed by atoms with E-state index >= 15 is 0 Å². The lowest BCUT2D eigenvalue weighted by Crippen LogP contribution is -2.21. The van der Waals surface area contributed by atoms with Crippen LogP contribution in [0.1, 0.15) is 56.7 Å². The van der Waals surface area contributed by atoms with E-state index in [9.17, 15) is 32.7 Å². The lowest BCUT2D eigenvalue weighted by molar-refractivity contribution is -0.119. The first kappa shape index (κ1) is 52.0. The molecule has 364 valence electrons. The van der Waals surface area contributed by atoms with Gasteiger partial charge in [-0.25, -0.2) is 22.9 Å². The molecular weight excluding hydrogens is 903 g/mol. The lowest BCUT2D eigenvalue weighted by atomic mass is 9.89.